The summed E-state index contributed by atoms with van der Waals surface area (Å²) in [6, 6.07) is 7.70. The lowest BCUT2D eigenvalue weighted by molar-refractivity contribution is 0.0450. The van der Waals surface area contributed by atoms with Gasteiger partial charge in [-0.05, 0) is 37.4 Å². The van der Waals surface area contributed by atoms with Crippen molar-refractivity contribution in [1.82, 2.24) is 24.0 Å². The molecule has 3 aromatic rings. The van der Waals surface area contributed by atoms with Crippen LogP contribution in [0, 0.1) is 5.92 Å². The predicted octanol–water partition coefficient (Wildman–Crippen LogP) is 3.37. The molecule has 0 radical (unpaired) electrons. The van der Waals surface area contributed by atoms with E-state index in [0.717, 1.165) is 42.9 Å². The molecule has 0 saturated carbocycles. The zero-order valence-electron chi connectivity index (χ0n) is 18.0. The number of likely N-dealkylation sites (tertiary alicyclic amines) is 1. The fraction of sp³-hybridized carbons (Fsp3) is 0.476. The van der Waals surface area contributed by atoms with E-state index in [9.17, 15) is 8.42 Å². The normalized spacial score (nSPS) is 24.0. The molecule has 2 aliphatic rings. The molecule has 170 valence electrons. The molecule has 1 fully saturated rings. The highest BCUT2D eigenvalue weighted by Crippen LogP contribution is 2.45. The standard InChI is InChI=1S/C21H26N6O3S2/c1-14-6-9-27(19(11-14)18-5-8-23-26(18)2)17-7-10-30-20-12-15(3-4-16(17)20)32(28,29)25-21-22-13-24-31-21/h3-5,8,12-14,17,19H,6-7,9-11H2,1-2H3,(H,22,24,25)/t14-,17-,19+/m1/s1. The monoisotopic (exact) mass is 474 g/mol. The minimum Gasteiger partial charge on any atom is -0.493 e. The van der Waals surface area contributed by atoms with Crippen molar-refractivity contribution in [2.75, 3.05) is 17.9 Å². The molecule has 0 bridgehead atoms. The third-order valence-corrected chi connectivity index (χ3v) is 8.44. The first-order chi connectivity index (χ1) is 15.4. The maximum Gasteiger partial charge on any atom is 0.263 e. The molecular weight excluding hydrogens is 448 g/mol. The van der Waals surface area contributed by atoms with Gasteiger partial charge in [0.2, 0.25) is 5.13 Å². The van der Waals surface area contributed by atoms with Crippen molar-refractivity contribution in [3.63, 3.8) is 0 Å². The van der Waals surface area contributed by atoms with Gasteiger partial charge in [0.15, 0.2) is 0 Å². The summed E-state index contributed by atoms with van der Waals surface area (Å²) in [5, 5.41) is 4.63. The van der Waals surface area contributed by atoms with E-state index in [-0.39, 0.29) is 22.1 Å². The largest absolute Gasteiger partial charge is 0.493 e. The Kier molecular flexibility index (Phi) is 5.64. The van der Waals surface area contributed by atoms with Gasteiger partial charge in [0.1, 0.15) is 12.1 Å². The van der Waals surface area contributed by atoms with Crippen molar-refractivity contribution in [3.8, 4) is 5.75 Å². The fourth-order valence-electron chi connectivity index (χ4n) is 4.79. The number of rotatable bonds is 5. The third-order valence-electron chi connectivity index (χ3n) is 6.39. The summed E-state index contributed by atoms with van der Waals surface area (Å²) < 4.78 is 39.8. The molecule has 2 aliphatic heterocycles. The molecule has 0 amide bonds. The van der Waals surface area contributed by atoms with Gasteiger partial charge in [0.25, 0.3) is 10.0 Å². The average molecular weight is 475 g/mol. The van der Waals surface area contributed by atoms with Gasteiger partial charge in [-0.1, -0.05) is 13.0 Å². The van der Waals surface area contributed by atoms with Gasteiger partial charge in [-0.3, -0.25) is 14.3 Å². The average Bonchev–Trinajstić information content (AvgIpc) is 3.44. The van der Waals surface area contributed by atoms with Crippen LogP contribution in [0.2, 0.25) is 0 Å². The van der Waals surface area contributed by atoms with Crippen molar-refractivity contribution >= 4 is 26.7 Å². The Hall–Kier alpha value is -2.50. The smallest absolute Gasteiger partial charge is 0.263 e. The van der Waals surface area contributed by atoms with Crippen LogP contribution in [0.3, 0.4) is 0 Å². The Bertz CT molecular complexity index is 1190. The van der Waals surface area contributed by atoms with E-state index < -0.39 is 10.0 Å². The number of aromatic nitrogens is 4. The number of nitrogens with one attached hydrogen (secondary N) is 1. The van der Waals surface area contributed by atoms with E-state index in [2.05, 4.69) is 37.1 Å². The van der Waals surface area contributed by atoms with Gasteiger partial charge in [-0.2, -0.15) is 9.47 Å². The molecule has 11 heteroatoms. The SMILES string of the molecule is C[C@@H]1CCN([C@@H]2CCOc3cc(S(=O)(=O)Nc4ncns4)ccc32)[C@H](c2ccnn2C)C1. The zero-order chi connectivity index (χ0) is 22.3. The Morgan fingerprint density at radius 3 is 2.84 bits per heavy atom. The number of hydrogen-bond donors (Lipinski definition) is 1. The lowest BCUT2D eigenvalue weighted by Gasteiger charge is -2.45. The first-order valence-corrected chi connectivity index (χ1v) is 13.0. The first-order valence-electron chi connectivity index (χ1n) is 10.7. The number of sulfonamides is 1. The summed E-state index contributed by atoms with van der Waals surface area (Å²) in [5.41, 5.74) is 2.25. The van der Waals surface area contributed by atoms with E-state index >= 15 is 0 Å². The van der Waals surface area contributed by atoms with Crippen LogP contribution < -0.4 is 9.46 Å². The Morgan fingerprint density at radius 1 is 1.22 bits per heavy atom. The van der Waals surface area contributed by atoms with Crippen molar-refractivity contribution in [3.05, 3.63) is 48.0 Å². The molecule has 0 unspecified atom stereocenters. The maximum absolute atomic E-state index is 12.8. The zero-order valence-corrected chi connectivity index (χ0v) is 19.6. The summed E-state index contributed by atoms with van der Waals surface area (Å²) >= 11 is 0.996. The molecule has 0 spiro atoms. The summed E-state index contributed by atoms with van der Waals surface area (Å²) in [5.74, 6) is 1.27. The van der Waals surface area contributed by atoms with Crippen molar-refractivity contribution in [1.29, 1.82) is 0 Å². The predicted molar refractivity (Wildman–Crippen MR) is 121 cm³/mol. The highest BCUT2D eigenvalue weighted by atomic mass is 32.2. The van der Waals surface area contributed by atoms with Gasteiger partial charge in [0, 0.05) is 48.9 Å². The fourth-order valence-corrected chi connectivity index (χ4v) is 6.47. The van der Waals surface area contributed by atoms with E-state index in [1.54, 1.807) is 12.1 Å². The number of piperidine rings is 1. The van der Waals surface area contributed by atoms with E-state index in [1.807, 2.05) is 24.0 Å². The van der Waals surface area contributed by atoms with Crippen LogP contribution in [-0.2, 0) is 17.1 Å². The molecule has 9 nitrogen and oxygen atoms in total. The molecule has 1 aromatic carbocycles. The number of benzene rings is 1. The van der Waals surface area contributed by atoms with Crippen molar-refractivity contribution < 1.29 is 13.2 Å². The van der Waals surface area contributed by atoms with E-state index in [1.165, 1.54) is 12.0 Å². The van der Waals surface area contributed by atoms with E-state index in [0.29, 0.717) is 18.3 Å². The van der Waals surface area contributed by atoms with Gasteiger partial charge in [0.05, 0.1) is 23.2 Å². The number of hydrogen-bond acceptors (Lipinski definition) is 8. The summed E-state index contributed by atoms with van der Waals surface area (Å²) in [4.78, 5) is 6.61. The number of ether oxygens (including phenoxy) is 1. The van der Waals surface area contributed by atoms with Crippen LogP contribution in [0.5, 0.6) is 5.75 Å². The molecule has 0 aliphatic carbocycles. The van der Waals surface area contributed by atoms with Crippen molar-refractivity contribution in [2.24, 2.45) is 13.0 Å². The second-order valence-electron chi connectivity index (χ2n) is 8.47. The van der Waals surface area contributed by atoms with Crippen LogP contribution in [0.25, 0.3) is 0 Å². The molecule has 3 atom stereocenters. The summed E-state index contributed by atoms with van der Waals surface area (Å²) in [7, 11) is -1.77. The van der Waals surface area contributed by atoms with Crippen LogP contribution >= 0.6 is 11.5 Å². The van der Waals surface area contributed by atoms with Gasteiger partial charge in [-0.15, -0.1) is 0 Å². The highest BCUT2D eigenvalue weighted by Gasteiger charge is 2.37. The van der Waals surface area contributed by atoms with Crippen LogP contribution in [0.15, 0.2) is 41.7 Å². The number of fused-ring (bicyclic) bond motifs is 1. The molecule has 2 aromatic heterocycles. The Labute approximate surface area is 191 Å². The molecule has 1 saturated heterocycles. The summed E-state index contributed by atoms with van der Waals surface area (Å²) in [6.45, 7) is 3.84. The minimum absolute atomic E-state index is 0.155. The quantitative estimate of drug-likeness (QED) is 0.605. The lowest BCUT2D eigenvalue weighted by Crippen LogP contribution is -2.41. The molecule has 4 heterocycles. The third kappa shape index (κ3) is 4.00. The van der Waals surface area contributed by atoms with Crippen LogP contribution in [0.4, 0.5) is 5.13 Å². The lowest BCUT2D eigenvalue weighted by atomic mass is 9.87. The molecule has 1 N–H and O–H groups in total. The van der Waals surface area contributed by atoms with Gasteiger partial charge >= 0.3 is 0 Å². The minimum atomic E-state index is -3.77. The topological polar surface area (TPSA) is 102 Å². The number of anilines is 1. The van der Waals surface area contributed by atoms with Crippen LogP contribution in [-0.4, -0.2) is 45.6 Å². The van der Waals surface area contributed by atoms with Crippen molar-refractivity contribution in [2.45, 2.75) is 43.2 Å². The molecular formula is C21H26N6O3S2. The second-order valence-corrected chi connectivity index (χ2v) is 10.9. The van der Waals surface area contributed by atoms with Gasteiger partial charge in [-0.25, -0.2) is 13.4 Å². The molecule has 5 rings (SSSR count). The maximum atomic E-state index is 12.8. The number of aryl methyl sites for hydroxylation is 1. The van der Waals surface area contributed by atoms with E-state index in [4.69, 9.17) is 4.74 Å². The van der Waals surface area contributed by atoms with Gasteiger partial charge < -0.3 is 4.74 Å². The van der Waals surface area contributed by atoms with Crippen LogP contribution in [0.1, 0.15) is 49.5 Å². The Morgan fingerprint density at radius 2 is 2.09 bits per heavy atom. The molecule has 32 heavy (non-hydrogen) atoms. The second kappa shape index (κ2) is 8.45. The Balaban J connectivity index is 1.46. The first kappa shape index (κ1) is 21.4. The highest BCUT2D eigenvalue weighted by molar-refractivity contribution is 7.93. The summed E-state index contributed by atoms with van der Waals surface area (Å²) in [6.07, 6.45) is 6.25. The number of nitrogens with zero attached hydrogens (tertiary/aromatic N) is 5.